The van der Waals surface area contributed by atoms with Gasteiger partial charge in [-0.25, -0.2) is 0 Å². The van der Waals surface area contributed by atoms with E-state index in [2.05, 4.69) is 33.0 Å². The Balaban J connectivity index is 2.82. The third-order valence-electron chi connectivity index (χ3n) is 3.53. The Morgan fingerprint density at radius 3 is 2.48 bits per heavy atom. The highest BCUT2D eigenvalue weighted by molar-refractivity contribution is 5.93. The van der Waals surface area contributed by atoms with E-state index >= 15 is 0 Å². The Hall–Kier alpha value is -1.82. The second kappa shape index (κ2) is 6.76. The van der Waals surface area contributed by atoms with E-state index in [1.54, 1.807) is 13.0 Å². The molecule has 0 aromatic carbocycles. The first-order valence-electron chi connectivity index (χ1n) is 7.07. The zero-order valence-corrected chi connectivity index (χ0v) is 13.3. The zero-order chi connectivity index (χ0) is 16.2. The first-order valence-corrected chi connectivity index (χ1v) is 7.07. The number of carbonyl (C=O) groups is 2. The van der Waals surface area contributed by atoms with Gasteiger partial charge in [-0.3, -0.25) is 4.79 Å². The molecule has 1 aromatic heterocycles. The summed E-state index contributed by atoms with van der Waals surface area (Å²) >= 11 is 0. The highest BCUT2D eigenvalue weighted by Crippen LogP contribution is 2.14. The number of hydrogen-bond acceptors (Lipinski definition) is 4. The number of rotatable bonds is 6. The molecule has 0 spiro atoms. The quantitative estimate of drug-likeness (QED) is 0.725. The summed E-state index contributed by atoms with van der Waals surface area (Å²) in [6, 6.07) is 1.68. The Morgan fingerprint density at radius 1 is 1.38 bits per heavy atom. The summed E-state index contributed by atoms with van der Waals surface area (Å²) in [5.41, 5.74) is 1.05. The van der Waals surface area contributed by atoms with Gasteiger partial charge in [0.2, 0.25) is 0 Å². The highest BCUT2D eigenvalue weighted by Gasteiger charge is 2.26. The fraction of sp³-hybridized carbons (Fsp3) is 0.600. The Labute approximate surface area is 125 Å². The van der Waals surface area contributed by atoms with Gasteiger partial charge >= 0.3 is 0 Å². The summed E-state index contributed by atoms with van der Waals surface area (Å²) in [6.07, 6.45) is 0. The minimum atomic E-state index is -1.33. The van der Waals surface area contributed by atoms with E-state index in [0.29, 0.717) is 5.76 Å². The average molecular weight is 296 g/mol. The van der Waals surface area contributed by atoms with Crippen molar-refractivity contribution in [1.29, 1.82) is 0 Å². The van der Waals surface area contributed by atoms with Crippen LogP contribution in [0.15, 0.2) is 10.5 Å². The SMILES string of the molecule is CC[NH+](Cc1cc(C(=O)NCC(=O)[O-])oc1C)C(C)(C)C. The minimum absolute atomic E-state index is 0.0931. The van der Waals surface area contributed by atoms with Crippen molar-refractivity contribution in [2.45, 2.75) is 46.7 Å². The number of aryl methyl sites for hydroxylation is 1. The van der Waals surface area contributed by atoms with Crippen LogP contribution in [0.4, 0.5) is 0 Å². The number of carboxylic acids is 1. The van der Waals surface area contributed by atoms with Gasteiger partial charge in [-0.2, -0.15) is 0 Å². The molecule has 1 amide bonds. The van der Waals surface area contributed by atoms with Crippen molar-refractivity contribution in [2.24, 2.45) is 0 Å². The van der Waals surface area contributed by atoms with Crippen LogP contribution in [0.25, 0.3) is 0 Å². The van der Waals surface area contributed by atoms with Crippen LogP contribution in [0.5, 0.6) is 0 Å². The molecule has 21 heavy (non-hydrogen) atoms. The Bertz CT molecular complexity index is 514. The van der Waals surface area contributed by atoms with Gasteiger partial charge in [0.15, 0.2) is 5.76 Å². The second-order valence-corrected chi connectivity index (χ2v) is 6.13. The van der Waals surface area contributed by atoms with Gasteiger partial charge in [-0.1, -0.05) is 0 Å². The molecule has 0 aliphatic rings. The van der Waals surface area contributed by atoms with Crippen molar-refractivity contribution >= 4 is 11.9 Å². The lowest BCUT2D eigenvalue weighted by atomic mass is 10.0. The van der Waals surface area contributed by atoms with Gasteiger partial charge in [0.25, 0.3) is 5.91 Å². The van der Waals surface area contributed by atoms with Crippen LogP contribution < -0.4 is 15.3 Å². The summed E-state index contributed by atoms with van der Waals surface area (Å²) in [6.45, 7) is 11.6. The van der Waals surface area contributed by atoms with Crippen LogP contribution in [-0.4, -0.2) is 30.5 Å². The molecule has 0 radical (unpaired) electrons. The molecular weight excluding hydrogens is 272 g/mol. The van der Waals surface area contributed by atoms with Crippen LogP contribution in [-0.2, 0) is 11.3 Å². The van der Waals surface area contributed by atoms with Crippen molar-refractivity contribution in [3.8, 4) is 0 Å². The van der Waals surface area contributed by atoms with Crippen molar-refractivity contribution < 1.29 is 24.0 Å². The van der Waals surface area contributed by atoms with Gasteiger partial charge in [0.05, 0.1) is 24.6 Å². The summed E-state index contributed by atoms with van der Waals surface area (Å²) in [4.78, 5) is 23.5. The molecule has 0 saturated carbocycles. The smallest absolute Gasteiger partial charge is 0.287 e. The molecule has 0 aliphatic carbocycles. The number of amides is 1. The molecule has 0 aliphatic heterocycles. The maximum Gasteiger partial charge on any atom is 0.287 e. The summed E-state index contributed by atoms with van der Waals surface area (Å²) in [7, 11) is 0. The van der Waals surface area contributed by atoms with Gasteiger partial charge in [0.1, 0.15) is 12.3 Å². The normalized spacial score (nSPS) is 13.0. The van der Waals surface area contributed by atoms with Crippen LogP contribution in [0.2, 0.25) is 0 Å². The van der Waals surface area contributed by atoms with Crippen LogP contribution in [0.1, 0.15) is 49.6 Å². The number of hydrogen-bond donors (Lipinski definition) is 2. The first-order chi connectivity index (χ1) is 9.65. The molecule has 0 bridgehead atoms. The number of nitrogens with one attached hydrogen (secondary N) is 2. The maximum absolute atomic E-state index is 11.8. The fourth-order valence-corrected chi connectivity index (χ4v) is 2.20. The zero-order valence-electron chi connectivity index (χ0n) is 13.3. The maximum atomic E-state index is 11.8. The van der Waals surface area contributed by atoms with Crippen molar-refractivity contribution in [1.82, 2.24) is 5.32 Å². The van der Waals surface area contributed by atoms with E-state index in [1.165, 1.54) is 4.90 Å². The topological polar surface area (TPSA) is 86.8 Å². The molecule has 1 heterocycles. The van der Waals surface area contributed by atoms with Gasteiger partial charge in [0, 0.05) is 5.56 Å². The number of carbonyl (C=O) groups excluding carboxylic acids is 2. The molecule has 1 unspecified atom stereocenters. The van der Waals surface area contributed by atoms with Crippen molar-refractivity contribution in [3.05, 3.63) is 23.2 Å². The molecule has 118 valence electrons. The molecular formula is C15H24N2O4. The molecule has 0 fully saturated rings. The predicted octanol–water partition coefficient (Wildman–Crippen LogP) is -0.729. The van der Waals surface area contributed by atoms with E-state index in [9.17, 15) is 14.7 Å². The fourth-order valence-electron chi connectivity index (χ4n) is 2.20. The van der Waals surface area contributed by atoms with E-state index in [-0.39, 0.29) is 11.3 Å². The summed E-state index contributed by atoms with van der Waals surface area (Å²) in [5, 5.41) is 12.6. The lowest BCUT2D eigenvalue weighted by Gasteiger charge is -2.31. The molecule has 6 nitrogen and oxygen atoms in total. The monoisotopic (exact) mass is 296 g/mol. The number of aliphatic carboxylic acids is 1. The Morgan fingerprint density at radius 2 is 2.00 bits per heavy atom. The lowest BCUT2D eigenvalue weighted by Crippen LogP contribution is -3.17. The number of quaternary nitrogens is 1. The molecule has 2 N–H and O–H groups in total. The largest absolute Gasteiger partial charge is 0.548 e. The van der Waals surface area contributed by atoms with E-state index in [4.69, 9.17) is 4.42 Å². The molecule has 0 saturated heterocycles. The Kier molecular flexibility index (Phi) is 5.54. The van der Waals surface area contributed by atoms with Crippen LogP contribution >= 0.6 is 0 Å². The van der Waals surface area contributed by atoms with Crippen molar-refractivity contribution in [3.63, 3.8) is 0 Å². The first kappa shape index (κ1) is 17.2. The van der Waals surface area contributed by atoms with Crippen LogP contribution in [0.3, 0.4) is 0 Å². The van der Waals surface area contributed by atoms with Crippen molar-refractivity contribution in [2.75, 3.05) is 13.1 Å². The number of furan rings is 1. The van der Waals surface area contributed by atoms with Crippen LogP contribution in [0, 0.1) is 6.92 Å². The van der Waals surface area contributed by atoms with Gasteiger partial charge in [-0.05, 0) is 40.7 Å². The number of carboxylic acid groups (broad SMARTS) is 1. The van der Waals surface area contributed by atoms with E-state index in [0.717, 1.165) is 18.7 Å². The predicted molar refractivity (Wildman–Crippen MR) is 75.7 cm³/mol. The van der Waals surface area contributed by atoms with E-state index < -0.39 is 18.4 Å². The van der Waals surface area contributed by atoms with Gasteiger partial charge in [-0.15, -0.1) is 0 Å². The third kappa shape index (κ3) is 4.90. The second-order valence-electron chi connectivity index (χ2n) is 6.13. The van der Waals surface area contributed by atoms with Gasteiger partial charge < -0.3 is 24.5 Å². The third-order valence-corrected chi connectivity index (χ3v) is 3.53. The lowest BCUT2D eigenvalue weighted by molar-refractivity contribution is -0.958. The molecule has 1 atom stereocenters. The molecule has 1 aromatic rings. The standard InChI is InChI=1S/C15H24N2O4/c1-6-17(15(3,4)5)9-11-7-12(21-10(11)2)14(20)16-8-13(18)19/h7H,6,8-9H2,1-5H3,(H,16,20)(H,18,19). The summed E-state index contributed by atoms with van der Waals surface area (Å²) < 4.78 is 5.43. The summed E-state index contributed by atoms with van der Waals surface area (Å²) in [5.74, 6) is -1.06. The molecule has 1 rings (SSSR count). The molecule has 6 heteroatoms. The highest BCUT2D eigenvalue weighted by atomic mass is 16.4. The minimum Gasteiger partial charge on any atom is -0.548 e. The average Bonchev–Trinajstić information content (AvgIpc) is 2.73. The van der Waals surface area contributed by atoms with E-state index in [1.807, 2.05) is 0 Å².